The Morgan fingerprint density at radius 3 is 2.62 bits per heavy atom. The fraction of sp³-hybridized carbons (Fsp3) is 0.684. The van der Waals surface area contributed by atoms with Crippen molar-refractivity contribution in [2.75, 3.05) is 7.11 Å². The number of nitrogens with one attached hydrogen (secondary N) is 1. The summed E-state index contributed by atoms with van der Waals surface area (Å²) in [4.78, 5) is 0. The molecule has 2 nitrogen and oxygen atoms in total. The molecule has 2 aliphatic rings. The molecule has 0 radical (unpaired) electrons. The first-order valence-electron chi connectivity index (χ1n) is 8.27. The minimum Gasteiger partial charge on any atom is -0.380 e. The Bertz CT molecular complexity index is 510. The third-order valence-electron chi connectivity index (χ3n) is 6.65. The number of methoxy groups -OCH3 is 1. The van der Waals surface area contributed by atoms with E-state index in [0.717, 1.165) is 12.5 Å². The van der Waals surface area contributed by atoms with Crippen LogP contribution in [0.2, 0.25) is 0 Å². The van der Waals surface area contributed by atoms with Crippen molar-refractivity contribution in [3.63, 3.8) is 0 Å². The molecule has 2 bridgehead atoms. The summed E-state index contributed by atoms with van der Waals surface area (Å²) >= 11 is 0. The molecule has 1 aromatic carbocycles. The number of hydrogen-bond donors (Lipinski definition) is 1. The normalized spacial score (nSPS) is 33.5. The summed E-state index contributed by atoms with van der Waals surface area (Å²) in [5.41, 5.74) is 3.58. The first kappa shape index (κ1) is 15.1. The Balaban J connectivity index is 1.65. The van der Waals surface area contributed by atoms with Crippen LogP contribution in [0, 0.1) is 16.7 Å². The number of hydrogen-bond acceptors (Lipinski definition) is 2. The van der Waals surface area contributed by atoms with Crippen LogP contribution >= 0.6 is 0 Å². The second-order valence-corrected chi connectivity index (χ2v) is 7.80. The summed E-state index contributed by atoms with van der Waals surface area (Å²) in [5.74, 6) is 0.903. The highest BCUT2D eigenvalue weighted by Crippen LogP contribution is 2.65. The van der Waals surface area contributed by atoms with Crippen LogP contribution in [0.4, 0.5) is 0 Å². The minimum atomic E-state index is 0.460. The highest BCUT2D eigenvalue weighted by Gasteiger charge is 2.60. The predicted molar refractivity (Wildman–Crippen MR) is 87.0 cm³/mol. The van der Waals surface area contributed by atoms with Crippen molar-refractivity contribution in [3.05, 3.63) is 35.4 Å². The third-order valence-corrected chi connectivity index (χ3v) is 6.65. The van der Waals surface area contributed by atoms with Crippen LogP contribution in [-0.2, 0) is 17.9 Å². The zero-order valence-corrected chi connectivity index (χ0v) is 13.9. The monoisotopic (exact) mass is 287 g/mol. The van der Waals surface area contributed by atoms with Crippen molar-refractivity contribution in [2.24, 2.45) is 16.7 Å². The highest BCUT2D eigenvalue weighted by atomic mass is 16.5. The van der Waals surface area contributed by atoms with Crippen molar-refractivity contribution in [2.45, 2.75) is 59.2 Å². The summed E-state index contributed by atoms with van der Waals surface area (Å²) in [6, 6.07) is 9.41. The fourth-order valence-electron chi connectivity index (χ4n) is 4.75. The van der Waals surface area contributed by atoms with Gasteiger partial charge in [0, 0.05) is 19.7 Å². The zero-order chi connectivity index (χ0) is 15.1. The molecule has 2 saturated carbocycles. The molecule has 0 amide bonds. The molecule has 3 unspecified atom stereocenters. The Kier molecular flexibility index (Phi) is 3.87. The number of rotatable bonds is 5. The topological polar surface area (TPSA) is 21.3 Å². The van der Waals surface area contributed by atoms with Gasteiger partial charge in [0.05, 0.1) is 6.61 Å². The molecule has 1 aromatic rings. The lowest BCUT2D eigenvalue weighted by molar-refractivity contribution is 0.120. The largest absolute Gasteiger partial charge is 0.380 e. The number of ether oxygens (including phenoxy) is 1. The van der Waals surface area contributed by atoms with E-state index in [0.29, 0.717) is 23.5 Å². The van der Waals surface area contributed by atoms with E-state index < -0.39 is 0 Å². The molecule has 3 rings (SSSR count). The second-order valence-electron chi connectivity index (χ2n) is 7.80. The average molecular weight is 287 g/mol. The molecule has 0 heterocycles. The van der Waals surface area contributed by atoms with E-state index in [1.807, 2.05) is 0 Å². The van der Waals surface area contributed by atoms with Crippen LogP contribution in [0.25, 0.3) is 0 Å². The Morgan fingerprint density at radius 2 is 2.00 bits per heavy atom. The zero-order valence-electron chi connectivity index (χ0n) is 13.9. The molecule has 1 N–H and O–H groups in total. The van der Waals surface area contributed by atoms with Crippen molar-refractivity contribution in [3.8, 4) is 0 Å². The van der Waals surface area contributed by atoms with Gasteiger partial charge in [-0.2, -0.15) is 0 Å². The predicted octanol–water partition coefficient (Wildman–Crippen LogP) is 4.14. The molecule has 0 spiro atoms. The summed E-state index contributed by atoms with van der Waals surface area (Å²) < 4.78 is 5.22. The van der Waals surface area contributed by atoms with Gasteiger partial charge in [0.15, 0.2) is 0 Å². The van der Waals surface area contributed by atoms with Crippen LogP contribution in [-0.4, -0.2) is 13.2 Å². The quantitative estimate of drug-likeness (QED) is 0.879. The third kappa shape index (κ3) is 2.43. The van der Waals surface area contributed by atoms with Crippen LogP contribution in [0.3, 0.4) is 0 Å². The van der Waals surface area contributed by atoms with E-state index in [4.69, 9.17) is 4.74 Å². The molecular weight excluding hydrogens is 258 g/mol. The minimum absolute atomic E-state index is 0.460. The maximum Gasteiger partial charge on any atom is 0.0713 e. The first-order valence-corrected chi connectivity index (χ1v) is 8.27. The van der Waals surface area contributed by atoms with Crippen LogP contribution < -0.4 is 5.32 Å². The molecule has 0 aromatic heterocycles. The number of fused-ring (bicyclic) bond motifs is 2. The molecule has 2 heteroatoms. The summed E-state index contributed by atoms with van der Waals surface area (Å²) in [7, 11) is 1.75. The Hall–Kier alpha value is -0.860. The van der Waals surface area contributed by atoms with Gasteiger partial charge in [0.2, 0.25) is 0 Å². The van der Waals surface area contributed by atoms with Gasteiger partial charge in [-0.1, -0.05) is 45.0 Å². The van der Waals surface area contributed by atoms with E-state index in [2.05, 4.69) is 50.4 Å². The van der Waals surface area contributed by atoms with Gasteiger partial charge < -0.3 is 10.1 Å². The van der Waals surface area contributed by atoms with Crippen molar-refractivity contribution in [1.82, 2.24) is 5.32 Å². The van der Waals surface area contributed by atoms with Gasteiger partial charge >= 0.3 is 0 Å². The van der Waals surface area contributed by atoms with E-state index in [-0.39, 0.29) is 0 Å². The van der Waals surface area contributed by atoms with Crippen molar-refractivity contribution in [1.29, 1.82) is 0 Å². The molecule has 21 heavy (non-hydrogen) atoms. The van der Waals surface area contributed by atoms with Gasteiger partial charge in [-0.05, 0) is 47.1 Å². The fourth-order valence-corrected chi connectivity index (χ4v) is 4.75. The molecule has 0 aliphatic heterocycles. The Morgan fingerprint density at radius 1 is 1.24 bits per heavy atom. The van der Waals surface area contributed by atoms with Gasteiger partial charge in [0.25, 0.3) is 0 Å². The van der Waals surface area contributed by atoms with Crippen molar-refractivity contribution < 1.29 is 4.74 Å². The lowest BCUT2D eigenvalue weighted by Gasteiger charge is -2.39. The van der Waals surface area contributed by atoms with Gasteiger partial charge in [-0.25, -0.2) is 0 Å². The average Bonchev–Trinajstić information content (AvgIpc) is 2.79. The summed E-state index contributed by atoms with van der Waals surface area (Å²) in [5, 5.41) is 3.85. The van der Waals surface area contributed by atoms with Gasteiger partial charge in [-0.3, -0.25) is 0 Å². The first-order chi connectivity index (χ1) is 9.97. The lowest BCUT2D eigenvalue weighted by atomic mass is 9.69. The van der Waals surface area contributed by atoms with Crippen LogP contribution in [0.15, 0.2) is 24.3 Å². The molecule has 2 aliphatic carbocycles. The van der Waals surface area contributed by atoms with Gasteiger partial charge in [-0.15, -0.1) is 0 Å². The lowest BCUT2D eigenvalue weighted by Crippen LogP contribution is -2.44. The molecule has 2 fully saturated rings. The maximum absolute atomic E-state index is 5.22. The standard InChI is InChI=1S/C19H29NO/c1-18(2)16-8-9-19(18,3)17(11-16)20-12-14-6-5-7-15(10-14)13-21-4/h5-7,10,16-17,20H,8-9,11-13H2,1-4H3. The molecular formula is C19H29NO. The van der Waals surface area contributed by atoms with Crippen LogP contribution in [0.1, 0.15) is 51.2 Å². The second kappa shape index (κ2) is 5.40. The smallest absolute Gasteiger partial charge is 0.0713 e. The highest BCUT2D eigenvalue weighted by molar-refractivity contribution is 5.23. The van der Waals surface area contributed by atoms with Crippen molar-refractivity contribution >= 4 is 0 Å². The van der Waals surface area contributed by atoms with E-state index in [1.54, 1.807) is 7.11 Å². The van der Waals surface area contributed by atoms with Crippen LogP contribution in [0.5, 0.6) is 0 Å². The number of benzene rings is 1. The van der Waals surface area contributed by atoms with E-state index >= 15 is 0 Å². The summed E-state index contributed by atoms with van der Waals surface area (Å²) in [6.07, 6.45) is 4.15. The Labute approximate surface area is 129 Å². The molecule has 0 saturated heterocycles. The SMILES string of the molecule is COCc1cccc(CNC2CC3CCC2(C)C3(C)C)c1. The van der Waals surface area contributed by atoms with E-state index in [1.165, 1.54) is 30.4 Å². The molecule has 3 atom stereocenters. The molecule has 116 valence electrons. The summed E-state index contributed by atoms with van der Waals surface area (Å²) in [6.45, 7) is 9.13. The maximum atomic E-state index is 5.22. The van der Waals surface area contributed by atoms with Gasteiger partial charge in [0.1, 0.15) is 0 Å². The van der Waals surface area contributed by atoms with E-state index in [9.17, 15) is 0 Å².